The van der Waals surface area contributed by atoms with Crippen molar-refractivity contribution >= 4 is 38.2 Å². The van der Waals surface area contributed by atoms with Crippen molar-refractivity contribution in [1.29, 1.82) is 0 Å². The van der Waals surface area contributed by atoms with Crippen molar-refractivity contribution in [3.8, 4) is 17.2 Å². The van der Waals surface area contributed by atoms with Gasteiger partial charge in [-0.3, -0.25) is 14.3 Å². The van der Waals surface area contributed by atoms with Gasteiger partial charge in [0.2, 0.25) is 0 Å². The molecule has 2 unspecified atom stereocenters. The molecule has 0 aliphatic rings. The van der Waals surface area contributed by atoms with Gasteiger partial charge in [0.05, 0.1) is 43.6 Å². The molecule has 4 aromatic rings. The van der Waals surface area contributed by atoms with Crippen molar-refractivity contribution < 1.29 is 30.8 Å². The van der Waals surface area contributed by atoms with Crippen molar-refractivity contribution in [1.82, 2.24) is 14.5 Å². The van der Waals surface area contributed by atoms with Crippen LogP contribution in [0, 0.1) is 11.7 Å². The molecule has 0 spiro atoms. The smallest absolute Gasteiger partial charge is 0.366 e. The molecule has 1 amide bonds. The molecular formula is C27H25ClF4N4O3S. The molecule has 0 radical (unpaired) electrons. The predicted octanol–water partition coefficient (Wildman–Crippen LogP) is 6.29. The molecule has 0 aliphatic carbocycles. The zero-order chi connectivity index (χ0) is 29.6. The van der Waals surface area contributed by atoms with Gasteiger partial charge in [0.1, 0.15) is 5.82 Å². The normalized spacial score (nSPS) is 13.9. The number of nitrogens with zero attached hydrogens (tertiary/aromatic N) is 3. The number of aryl methyl sites for hydroxylation is 1. The number of carbonyl (C=O) groups is 1. The van der Waals surface area contributed by atoms with Crippen LogP contribution in [0.15, 0.2) is 53.7 Å². The summed E-state index contributed by atoms with van der Waals surface area (Å²) in [6.45, 7) is 3.89. The quantitative estimate of drug-likeness (QED) is 0.240. The van der Waals surface area contributed by atoms with Gasteiger partial charge in [-0.25, -0.2) is 17.8 Å². The van der Waals surface area contributed by atoms with E-state index < -0.39 is 45.3 Å². The lowest BCUT2D eigenvalue weighted by Gasteiger charge is -2.20. The number of amides is 1. The molecular weight excluding hydrogens is 572 g/mol. The number of pyridine rings is 2. The summed E-state index contributed by atoms with van der Waals surface area (Å²) in [6, 6.07) is 8.40. The van der Waals surface area contributed by atoms with Crippen LogP contribution in [0.2, 0.25) is 5.02 Å². The summed E-state index contributed by atoms with van der Waals surface area (Å²) >= 11 is 6.45. The summed E-state index contributed by atoms with van der Waals surface area (Å²) in [7, 11) is -4.17. The van der Waals surface area contributed by atoms with Crippen LogP contribution < -0.4 is 5.73 Å². The van der Waals surface area contributed by atoms with Crippen molar-refractivity contribution in [2.75, 3.05) is 0 Å². The fourth-order valence-corrected chi connectivity index (χ4v) is 6.22. The summed E-state index contributed by atoms with van der Waals surface area (Å²) in [4.78, 5) is 21.0. The van der Waals surface area contributed by atoms with E-state index in [4.69, 9.17) is 17.3 Å². The molecule has 212 valence electrons. The number of hydrogen-bond acceptors (Lipinski definition) is 5. The number of hydrogen-bond donors (Lipinski definition) is 1. The van der Waals surface area contributed by atoms with E-state index in [-0.39, 0.29) is 38.1 Å². The van der Waals surface area contributed by atoms with Crippen molar-refractivity contribution in [2.45, 2.75) is 49.9 Å². The monoisotopic (exact) mass is 596 g/mol. The van der Waals surface area contributed by atoms with Gasteiger partial charge >= 0.3 is 6.18 Å². The molecule has 2 atom stereocenters. The second kappa shape index (κ2) is 10.8. The molecule has 3 aromatic heterocycles. The first-order valence-electron chi connectivity index (χ1n) is 12.2. The minimum absolute atomic E-state index is 0.0837. The number of halogens is 5. The molecule has 0 saturated heterocycles. The summed E-state index contributed by atoms with van der Waals surface area (Å²) in [6.07, 6.45) is -2.34. The van der Waals surface area contributed by atoms with Crippen molar-refractivity contribution in [3.05, 3.63) is 70.8 Å². The highest BCUT2D eigenvalue weighted by Crippen LogP contribution is 2.38. The zero-order valence-electron chi connectivity index (χ0n) is 21.6. The highest BCUT2D eigenvalue weighted by molar-refractivity contribution is 7.92. The van der Waals surface area contributed by atoms with E-state index in [2.05, 4.69) is 9.97 Å². The van der Waals surface area contributed by atoms with Gasteiger partial charge < -0.3 is 5.73 Å². The average Bonchev–Trinajstić information content (AvgIpc) is 3.21. The van der Waals surface area contributed by atoms with Gasteiger partial charge in [0.15, 0.2) is 15.7 Å². The van der Waals surface area contributed by atoms with E-state index in [0.29, 0.717) is 17.5 Å². The zero-order valence-corrected chi connectivity index (χ0v) is 23.2. The Hall–Kier alpha value is -3.51. The molecule has 1 aromatic carbocycles. The van der Waals surface area contributed by atoms with Crippen molar-refractivity contribution in [3.63, 3.8) is 0 Å². The van der Waals surface area contributed by atoms with Crippen LogP contribution in [-0.2, 0) is 16.3 Å². The molecule has 0 bridgehead atoms. The Morgan fingerprint density at radius 3 is 2.40 bits per heavy atom. The third kappa shape index (κ3) is 5.29. The molecule has 3 heterocycles. The Balaban J connectivity index is 1.93. The van der Waals surface area contributed by atoms with Crippen LogP contribution in [0.5, 0.6) is 0 Å². The number of nitrogens with two attached hydrogens (primary N) is 1. The maximum Gasteiger partial charge on any atom is 0.391 e. The number of primary amides is 1. The number of alkyl halides is 3. The number of carbonyl (C=O) groups excluding carboxylic acids is 1. The molecule has 0 saturated carbocycles. The van der Waals surface area contributed by atoms with Crippen LogP contribution in [0.3, 0.4) is 0 Å². The van der Waals surface area contributed by atoms with Crippen LogP contribution in [0.25, 0.3) is 28.1 Å². The molecule has 0 fully saturated rings. The van der Waals surface area contributed by atoms with E-state index in [1.54, 1.807) is 25.1 Å². The molecule has 40 heavy (non-hydrogen) atoms. The van der Waals surface area contributed by atoms with Crippen LogP contribution in [0.4, 0.5) is 17.6 Å². The lowest BCUT2D eigenvalue weighted by Crippen LogP contribution is -2.28. The first-order valence-corrected chi connectivity index (χ1v) is 14.1. The lowest BCUT2D eigenvalue weighted by molar-refractivity contribution is -0.170. The highest BCUT2D eigenvalue weighted by atomic mass is 35.5. The number of sulfone groups is 1. The van der Waals surface area contributed by atoms with Gasteiger partial charge in [-0.15, -0.1) is 0 Å². The summed E-state index contributed by atoms with van der Waals surface area (Å²) in [5, 5.41) is -0.967. The van der Waals surface area contributed by atoms with Crippen LogP contribution in [0.1, 0.15) is 43.1 Å². The van der Waals surface area contributed by atoms with Gasteiger partial charge in [0, 0.05) is 17.8 Å². The Kier molecular flexibility index (Phi) is 7.97. The number of rotatable bonds is 8. The second-order valence-corrected chi connectivity index (χ2v) is 12.2. The van der Waals surface area contributed by atoms with E-state index in [9.17, 15) is 30.8 Å². The Labute approximate surface area is 232 Å². The largest absolute Gasteiger partial charge is 0.391 e. The third-order valence-corrected chi connectivity index (χ3v) is 9.24. The summed E-state index contributed by atoms with van der Waals surface area (Å²) in [5.74, 6) is -3.08. The standard InChI is InChI=1S/C27H25ClF4N4O3S/c1-4-16-11-22-18(12-20(16)29)23(25(33)37)24(36(22)26-19(28)6-5-9-34-26)21-8-7-17(13-35-21)40(38,39)15(3)10-14(2)27(30,31)32/h5-9,11-15H,4,10H2,1-3H3,(H2,33,37). The van der Waals surface area contributed by atoms with Gasteiger partial charge in [-0.05, 0) is 61.7 Å². The van der Waals surface area contributed by atoms with Crippen LogP contribution in [-0.4, -0.2) is 40.3 Å². The van der Waals surface area contributed by atoms with E-state index in [0.717, 1.165) is 13.1 Å². The maximum absolute atomic E-state index is 14.9. The number of fused-ring (bicyclic) bond motifs is 1. The van der Waals surface area contributed by atoms with E-state index >= 15 is 0 Å². The number of benzene rings is 1. The number of aromatic nitrogens is 3. The minimum atomic E-state index is -4.53. The van der Waals surface area contributed by atoms with Crippen molar-refractivity contribution in [2.24, 2.45) is 11.7 Å². The van der Waals surface area contributed by atoms with Crippen LogP contribution >= 0.6 is 11.6 Å². The molecule has 2 N–H and O–H groups in total. The Morgan fingerprint density at radius 1 is 1.15 bits per heavy atom. The van der Waals surface area contributed by atoms with Gasteiger partial charge in [-0.2, -0.15) is 13.2 Å². The first-order chi connectivity index (χ1) is 18.7. The topological polar surface area (TPSA) is 108 Å². The van der Waals surface area contributed by atoms with E-state index in [1.807, 2.05) is 0 Å². The Bertz CT molecular complexity index is 1700. The molecule has 0 aliphatic heterocycles. The first kappa shape index (κ1) is 29.5. The van der Waals surface area contributed by atoms with Gasteiger partial charge in [-0.1, -0.05) is 25.4 Å². The average molecular weight is 597 g/mol. The molecule has 13 heteroatoms. The lowest BCUT2D eigenvalue weighted by atomic mass is 10.0. The highest BCUT2D eigenvalue weighted by Gasteiger charge is 2.39. The molecule has 4 rings (SSSR count). The maximum atomic E-state index is 14.9. The summed E-state index contributed by atoms with van der Waals surface area (Å²) in [5.41, 5.74) is 6.57. The van der Waals surface area contributed by atoms with E-state index in [1.165, 1.54) is 35.9 Å². The minimum Gasteiger partial charge on any atom is -0.366 e. The fourth-order valence-electron chi connectivity index (χ4n) is 4.55. The molecule has 7 nitrogen and oxygen atoms in total. The summed E-state index contributed by atoms with van der Waals surface area (Å²) < 4.78 is 81.5. The van der Waals surface area contributed by atoms with Gasteiger partial charge in [0.25, 0.3) is 5.91 Å². The second-order valence-electron chi connectivity index (χ2n) is 9.46. The fraction of sp³-hybridized carbons (Fsp3) is 0.296. The SMILES string of the molecule is CCc1cc2c(cc1F)c(C(N)=O)c(-c1ccc(S(=O)(=O)C(C)CC(C)C(F)(F)F)cn1)n2-c1ncccc1Cl. The predicted molar refractivity (Wildman–Crippen MR) is 144 cm³/mol. The Morgan fingerprint density at radius 2 is 1.85 bits per heavy atom. The third-order valence-electron chi connectivity index (χ3n) is 6.80.